The highest BCUT2D eigenvalue weighted by Crippen LogP contribution is 2.47. The number of hydrogen-bond acceptors (Lipinski definition) is 4. The summed E-state index contributed by atoms with van der Waals surface area (Å²) in [5.74, 6) is 2.48. The van der Waals surface area contributed by atoms with E-state index in [1.807, 2.05) is 60.7 Å². The quantitative estimate of drug-likeness (QED) is 0.206. The molecule has 210 valence electrons. The van der Waals surface area contributed by atoms with E-state index in [4.69, 9.17) is 14.2 Å². The number of rotatable bonds is 6. The van der Waals surface area contributed by atoms with Crippen LogP contribution in [0.5, 0.6) is 17.2 Å². The van der Waals surface area contributed by atoms with E-state index >= 15 is 0 Å². The highest BCUT2D eigenvalue weighted by Gasteiger charge is 2.22. The Morgan fingerprint density at radius 1 is 0.581 bits per heavy atom. The second-order valence-electron chi connectivity index (χ2n) is 10.6. The molecule has 0 unspecified atom stereocenters. The van der Waals surface area contributed by atoms with E-state index in [1.165, 1.54) is 0 Å². The van der Waals surface area contributed by atoms with Crippen molar-refractivity contribution >= 4 is 45.8 Å². The van der Waals surface area contributed by atoms with Crippen molar-refractivity contribution < 1.29 is 19.3 Å². The topological polar surface area (TPSA) is 47.9 Å². The predicted molar refractivity (Wildman–Crippen MR) is 176 cm³/mol. The maximum atomic E-state index is 9.30. The largest absolute Gasteiger partial charge is 0.497 e. The standard InChI is InChI=1S/C39H30O4/c1-41-33-16-10-27(11-17-33)3-7-29-13-19-35-32(23-29)15-21-37-39(35)38-34-18-12-28(6-2-26-4-8-30(24-40)9-5-26)22-31(34)14-20-36(38)42-25-43-37/h2-23,40H,24-25H2,1H3/b6-2+,7-3-. The van der Waals surface area contributed by atoms with Gasteiger partial charge in [-0.25, -0.2) is 0 Å². The third-order valence-electron chi connectivity index (χ3n) is 7.90. The number of fused-ring (bicyclic) bond motifs is 7. The van der Waals surface area contributed by atoms with E-state index in [-0.39, 0.29) is 13.4 Å². The van der Waals surface area contributed by atoms with Crippen molar-refractivity contribution in [3.05, 3.63) is 137 Å². The number of aliphatic hydroxyl groups is 1. The molecule has 4 heteroatoms. The van der Waals surface area contributed by atoms with Crippen LogP contribution in [0.15, 0.2) is 109 Å². The van der Waals surface area contributed by atoms with E-state index in [0.29, 0.717) is 0 Å². The molecule has 0 fully saturated rings. The third kappa shape index (κ3) is 5.36. The summed E-state index contributed by atoms with van der Waals surface area (Å²) in [7, 11) is 1.68. The normalized spacial score (nSPS) is 12.6. The Hall–Kier alpha value is -5.32. The summed E-state index contributed by atoms with van der Waals surface area (Å²) in [6, 6.07) is 37.3. The first-order valence-electron chi connectivity index (χ1n) is 14.3. The van der Waals surface area contributed by atoms with Crippen LogP contribution in [-0.4, -0.2) is 19.0 Å². The molecule has 0 bridgehead atoms. The molecule has 1 N–H and O–H groups in total. The zero-order valence-corrected chi connectivity index (χ0v) is 23.8. The van der Waals surface area contributed by atoms with Gasteiger partial charge in [0.1, 0.15) is 17.2 Å². The molecule has 7 rings (SSSR count). The SMILES string of the molecule is COc1ccc(/C=C\c2ccc3c4c(ccc3c2)OCOc2ccc3cc(/C=C/c5ccc(CO)cc5)ccc3c2-4)cc1. The molecular weight excluding hydrogens is 532 g/mol. The fourth-order valence-corrected chi connectivity index (χ4v) is 5.61. The van der Waals surface area contributed by atoms with Crippen molar-refractivity contribution in [1.29, 1.82) is 0 Å². The monoisotopic (exact) mass is 562 g/mol. The lowest BCUT2D eigenvalue weighted by atomic mass is 9.91. The number of ether oxygens (including phenoxy) is 3. The van der Waals surface area contributed by atoms with E-state index in [1.54, 1.807) is 7.11 Å². The summed E-state index contributed by atoms with van der Waals surface area (Å²) >= 11 is 0. The maximum absolute atomic E-state index is 9.30. The second kappa shape index (κ2) is 11.5. The lowest BCUT2D eigenvalue weighted by Gasteiger charge is -2.14. The van der Waals surface area contributed by atoms with Crippen LogP contribution < -0.4 is 14.2 Å². The first kappa shape index (κ1) is 26.6. The average molecular weight is 563 g/mol. The minimum atomic E-state index is 0.0506. The van der Waals surface area contributed by atoms with Crippen LogP contribution >= 0.6 is 0 Å². The van der Waals surface area contributed by atoms with Gasteiger partial charge in [0.2, 0.25) is 6.79 Å². The molecule has 0 atom stereocenters. The van der Waals surface area contributed by atoms with Crippen LogP contribution in [0.4, 0.5) is 0 Å². The zero-order chi connectivity index (χ0) is 29.2. The molecule has 1 aliphatic heterocycles. The Bertz CT molecular complexity index is 1850. The summed E-state index contributed by atoms with van der Waals surface area (Å²) in [6.07, 6.45) is 8.45. The molecule has 0 radical (unpaired) electrons. The Balaban J connectivity index is 1.27. The number of benzene rings is 6. The summed E-state index contributed by atoms with van der Waals surface area (Å²) in [4.78, 5) is 0. The molecule has 0 aromatic heterocycles. The minimum Gasteiger partial charge on any atom is -0.497 e. The van der Waals surface area contributed by atoms with Crippen molar-refractivity contribution in [2.24, 2.45) is 0 Å². The Labute approximate surface area is 250 Å². The maximum Gasteiger partial charge on any atom is 0.230 e. The Morgan fingerprint density at radius 3 is 1.53 bits per heavy atom. The van der Waals surface area contributed by atoms with E-state index < -0.39 is 0 Å². The van der Waals surface area contributed by atoms with Crippen molar-refractivity contribution in [3.63, 3.8) is 0 Å². The molecule has 0 aliphatic carbocycles. The molecule has 0 saturated heterocycles. The highest BCUT2D eigenvalue weighted by molar-refractivity contribution is 6.10. The van der Waals surface area contributed by atoms with Gasteiger partial charge < -0.3 is 19.3 Å². The van der Waals surface area contributed by atoms with Crippen molar-refractivity contribution in [2.75, 3.05) is 13.9 Å². The fraction of sp³-hybridized carbons (Fsp3) is 0.0769. The van der Waals surface area contributed by atoms with E-state index in [9.17, 15) is 5.11 Å². The lowest BCUT2D eigenvalue weighted by Crippen LogP contribution is -2.03. The fourth-order valence-electron chi connectivity index (χ4n) is 5.61. The van der Waals surface area contributed by atoms with Gasteiger partial charge in [-0.3, -0.25) is 0 Å². The predicted octanol–water partition coefficient (Wildman–Crippen LogP) is 9.23. The molecule has 6 aromatic rings. The smallest absolute Gasteiger partial charge is 0.230 e. The molecule has 43 heavy (non-hydrogen) atoms. The molecule has 0 saturated carbocycles. The number of methoxy groups -OCH3 is 1. The molecule has 1 aliphatic rings. The van der Waals surface area contributed by atoms with Crippen LogP contribution in [0.25, 0.3) is 57.0 Å². The van der Waals surface area contributed by atoms with Crippen LogP contribution in [0.3, 0.4) is 0 Å². The van der Waals surface area contributed by atoms with Gasteiger partial charge in [0.15, 0.2) is 0 Å². The Morgan fingerprint density at radius 2 is 1.05 bits per heavy atom. The van der Waals surface area contributed by atoms with Gasteiger partial charge >= 0.3 is 0 Å². The first-order chi connectivity index (χ1) is 21.2. The molecule has 1 heterocycles. The molecule has 4 nitrogen and oxygen atoms in total. The van der Waals surface area contributed by atoms with Gasteiger partial charge in [0.25, 0.3) is 0 Å². The lowest BCUT2D eigenvalue weighted by molar-refractivity contribution is 0.125. The highest BCUT2D eigenvalue weighted by atomic mass is 16.7. The van der Waals surface area contributed by atoms with Gasteiger partial charge in [0.05, 0.1) is 13.7 Å². The number of hydrogen-bond donors (Lipinski definition) is 1. The van der Waals surface area contributed by atoms with Crippen molar-refractivity contribution in [1.82, 2.24) is 0 Å². The van der Waals surface area contributed by atoms with Gasteiger partial charge in [-0.15, -0.1) is 0 Å². The summed E-state index contributed by atoms with van der Waals surface area (Å²) < 4.78 is 17.5. The minimum absolute atomic E-state index is 0.0506. The van der Waals surface area contributed by atoms with Gasteiger partial charge in [-0.1, -0.05) is 97.1 Å². The second-order valence-corrected chi connectivity index (χ2v) is 10.6. The number of aliphatic hydroxyl groups excluding tert-OH is 1. The molecular formula is C39H30O4. The summed E-state index contributed by atoms with van der Waals surface area (Å²) in [5, 5.41) is 13.8. The van der Waals surface area contributed by atoms with E-state index in [0.717, 1.165) is 77.7 Å². The van der Waals surface area contributed by atoms with Gasteiger partial charge in [-0.05, 0) is 85.8 Å². The van der Waals surface area contributed by atoms with Gasteiger partial charge in [0, 0.05) is 11.1 Å². The van der Waals surface area contributed by atoms with Crippen LogP contribution in [-0.2, 0) is 6.61 Å². The van der Waals surface area contributed by atoms with Crippen LogP contribution in [0.2, 0.25) is 0 Å². The third-order valence-corrected chi connectivity index (χ3v) is 7.90. The summed E-state index contributed by atoms with van der Waals surface area (Å²) in [5.41, 5.74) is 7.43. The molecule has 0 amide bonds. The average Bonchev–Trinajstić information content (AvgIpc) is 3.26. The van der Waals surface area contributed by atoms with Crippen molar-refractivity contribution in [3.8, 4) is 28.4 Å². The summed E-state index contributed by atoms with van der Waals surface area (Å²) in [6.45, 7) is 0.213. The molecule has 6 aromatic carbocycles. The molecule has 0 spiro atoms. The van der Waals surface area contributed by atoms with Crippen LogP contribution in [0, 0.1) is 0 Å². The first-order valence-corrected chi connectivity index (χ1v) is 14.3. The van der Waals surface area contributed by atoms with Gasteiger partial charge in [-0.2, -0.15) is 0 Å². The van der Waals surface area contributed by atoms with Crippen LogP contribution in [0.1, 0.15) is 27.8 Å². The van der Waals surface area contributed by atoms with E-state index in [2.05, 4.69) is 72.8 Å². The van der Waals surface area contributed by atoms with Crippen molar-refractivity contribution in [2.45, 2.75) is 6.61 Å². The Kier molecular flexibility index (Phi) is 7.12. The zero-order valence-electron chi connectivity index (χ0n) is 23.8.